The van der Waals surface area contributed by atoms with Crippen molar-refractivity contribution in [2.45, 2.75) is 38.6 Å². The highest BCUT2D eigenvalue weighted by molar-refractivity contribution is 7.13. The van der Waals surface area contributed by atoms with Crippen LogP contribution in [-0.2, 0) is 9.53 Å². The van der Waals surface area contributed by atoms with Crippen molar-refractivity contribution >= 4 is 45.9 Å². The summed E-state index contributed by atoms with van der Waals surface area (Å²) < 4.78 is 5.48. The molecule has 7 rings (SSSR count). The molecule has 4 aromatic heterocycles. The van der Waals surface area contributed by atoms with E-state index in [1.165, 1.54) is 6.20 Å². The zero-order valence-corrected chi connectivity index (χ0v) is 20.8. The number of thiophene rings is 1. The quantitative estimate of drug-likeness (QED) is 0.327. The molecule has 0 amide bonds. The first-order valence-electron chi connectivity index (χ1n) is 12.0. The summed E-state index contributed by atoms with van der Waals surface area (Å²) >= 11 is 7.75. The molecule has 0 unspecified atom stereocenters. The second kappa shape index (κ2) is 9.20. The average molecular weight is 509 g/mol. The van der Waals surface area contributed by atoms with Gasteiger partial charge >= 0.3 is 5.97 Å². The molecular formula is C25H25ClN6O2S. The maximum atomic E-state index is 12.9. The van der Waals surface area contributed by atoms with E-state index in [4.69, 9.17) is 26.3 Å². The standard InChI is InChI=1S/C25H25ClN6O2S/c1-2-34-25(33)20-13-5-7-14(8-6-13)21(20)31-19-10-16(17-4-3-9-35-17)29-23(32-19)15-11-27-24-22(15)30-18(26)12-28-24/h3-4,9-14,20-21H,2,5-8H2,1H3,(H,27,28)(H,29,31,32)/t13?,14?,20-,21-/m1/s1. The monoisotopic (exact) mass is 508 g/mol. The van der Waals surface area contributed by atoms with Gasteiger partial charge in [-0.25, -0.2) is 19.9 Å². The van der Waals surface area contributed by atoms with E-state index in [1.54, 1.807) is 11.3 Å². The number of nitrogens with zero attached hydrogens (tertiary/aromatic N) is 4. The molecule has 4 aromatic rings. The summed E-state index contributed by atoms with van der Waals surface area (Å²) in [6, 6.07) is 5.99. The maximum absolute atomic E-state index is 12.9. The highest BCUT2D eigenvalue weighted by Crippen LogP contribution is 2.47. The minimum absolute atomic E-state index is 0.0160. The molecule has 180 valence electrons. The van der Waals surface area contributed by atoms with E-state index in [0.29, 0.717) is 46.4 Å². The minimum Gasteiger partial charge on any atom is -0.466 e. The van der Waals surface area contributed by atoms with Crippen LogP contribution in [0.2, 0.25) is 5.15 Å². The molecule has 35 heavy (non-hydrogen) atoms. The number of hydrogen-bond donors (Lipinski definition) is 2. The molecule has 2 bridgehead atoms. The van der Waals surface area contributed by atoms with Gasteiger partial charge in [0.2, 0.25) is 0 Å². The molecule has 4 heterocycles. The minimum atomic E-state index is -0.163. The van der Waals surface area contributed by atoms with Crippen LogP contribution < -0.4 is 5.32 Å². The highest BCUT2D eigenvalue weighted by Gasteiger charge is 2.48. The third kappa shape index (κ3) is 4.16. The predicted octanol–water partition coefficient (Wildman–Crippen LogP) is 5.58. The van der Waals surface area contributed by atoms with Gasteiger partial charge in [0.1, 0.15) is 16.5 Å². The SMILES string of the molecule is CCOC(=O)[C@@H]1C2CCC(CC2)[C@H]1Nc1cc(-c2cccs2)nc(-c2c[nH]c3ncc(Cl)nc23)n1. The Bertz CT molecular complexity index is 1370. The van der Waals surface area contributed by atoms with E-state index in [-0.39, 0.29) is 17.9 Å². The van der Waals surface area contributed by atoms with Gasteiger partial charge in [0.05, 0.1) is 34.9 Å². The molecule has 0 spiro atoms. The second-order valence-electron chi connectivity index (χ2n) is 9.15. The third-order valence-electron chi connectivity index (χ3n) is 7.18. The average Bonchev–Trinajstić information content (AvgIpc) is 3.55. The number of H-pyrrole nitrogens is 1. The number of hydrogen-bond acceptors (Lipinski definition) is 8. The lowest BCUT2D eigenvalue weighted by molar-refractivity contribution is -0.154. The van der Waals surface area contributed by atoms with Crippen molar-refractivity contribution in [2.75, 3.05) is 11.9 Å². The van der Waals surface area contributed by atoms with E-state index < -0.39 is 0 Å². The topological polar surface area (TPSA) is 106 Å². The number of halogens is 1. The van der Waals surface area contributed by atoms with Gasteiger partial charge in [0.15, 0.2) is 11.5 Å². The number of rotatable bonds is 6. The fourth-order valence-corrected chi connectivity index (χ4v) is 6.46. The molecule has 2 atom stereocenters. The van der Waals surface area contributed by atoms with Gasteiger partial charge in [-0.2, -0.15) is 0 Å². The van der Waals surface area contributed by atoms with E-state index in [0.717, 1.165) is 41.8 Å². The first kappa shape index (κ1) is 22.4. The number of carbonyl (C=O) groups excluding carboxylic acids is 1. The molecule has 3 aliphatic rings. The normalized spacial score (nSPS) is 23.5. The smallest absolute Gasteiger partial charge is 0.311 e. The van der Waals surface area contributed by atoms with Crippen LogP contribution >= 0.6 is 22.9 Å². The van der Waals surface area contributed by atoms with Crippen molar-refractivity contribution in [3.8, 4) is 22.0 Å². The van der Waals surface area contributed by atoms with Crippen LogP contribution in [0.1, 0.15) is 32.6 Å². The lowest BCUT2D eigenvalue weighted by Crippen LogP contribution is -2.52. The second-order valence-corrected chi connectivity index (χ2v) is 10.5. The number of nitrogens with one attached hydrogen (secondary N) is 2. The van der Waals surface area contributed by atoms with Crippen molar-refractivity contribution < 1.29 is 9.53 Å². The summed E-state index contributed by atoms with van der Waals surface area (Å²) in [7, 11) is 0. The van der Waals surface area contributed by atoms with Crippen LogP contribution in [0.5, 0.6) is 0 Å². The molecule has 3 aliphatic carbocycles. The fraction of sp³-hybridized carbons (Fsp3) is 0.400. The van der Waals surface area contributed by atoms with E-state index >= 15 is 0 Å². The Kier molecular flexibility index (Phi) is 5.89. The number of aromatic nitrogens is 5. The Labute approximate surface area is 211 Å². The summed E-state index contributed by atoms with van der Waals surface area (Å²) in [5.41, 5.74) is 2.78. The van der Waals surface area contributed by atoms with Crippen molar-refractivity contribution in [3.63, 3.8) is 0 Å². The van der Waals surface area contributed by atoms with Crippen molar-refractivity contribution in [2.24, 2.45) is 17.8 Å². The lowest BCUT2D eigenvalue weighted by atomic mass is 9.61. The van der Waals surface area contributed by atoms with Gasteiger partial charge < -0.3 is 15.0 Å². The molecule has 3 fully saturated rings. The number of ether oxygens (including phenoxy) is 1. The van der Waals surface area contributed by atoms with Crippen LogP contribution in [0.3, 0.4) is 0 Å². The molecule has 3 saturated carbocycles. The summed E-state index contributed by atoms with van der Waals surface area (Å²) in [6.07, 6.45) is 7.71. The highest BCUT2D eigenvalue weighted by atomic mass is 35.5. The zero-order chi connectivity index (χ0) is 23.9. The first-order chi connectivity index (χ1) is 17.1. The summed E-state index contributed by atoms with van der Waals surface area (Å²) in [6.45, 7) is 2.26. The molecular weight excluding hydrogens is 484 g/mol. The van der Waals surface area contributed by atoms with Crippen LogP contribution in [0.25, 0.3) is 33.1 Å². The zero-order valence-electron chi connectivity index (χ0n) is 19.2. The van der Waals surface area contributed by atoms with Gasteiger partial charge in [-0.05, 0) is 55.9 Å². The molecule has 8 nitrogen and oxygen atoms in total. The number of aromatic amines is 1. The molecule has 0 saturated heterocycles. The van der Waals surface area contributed by atoms with Crippen LogP contribution in [0.4, 0.5) is 5.82 Å². The Morgan fingerprint density at radius 2 is 2.06 bits per heavy atom. The first-order valence-corrected chi connectivity index (χ1v) is 13.2. The van der Waals surface area contributed by atoms with E-state index in [1.807, 2.05) is 36.7 Å². The Morgan fingerprint density at radius 3 is 2.83 bits per heavy atom. The van der Waals surface area contributed by atoms with Crippen LogP contribution in [0.15, 0.2) is 36.0 Å². The molecule has 0 aromatic carbocycles. The molecule has 0 aliphatic heterocycles. The number of carbonyl (C=O) groups is 1. The lowest BCUT2D eigenvalue weighted by Gasteiger charge is -2.47. The molecule has 0 radical (unpaired) electrons. The fourth-order valence-electron chi connectivity index (χ4n) is 5.64. The van der Waals surface area contributed by atoms with Crippen LogP contribution in [-0.4, -0.2) is 43.5 Å². The predicted molar refractivity (Wildman–Crippen MR) is 136 cm³/mol. The molecule has 2 N–H and O–H groups in total. The van der Waals surface area contributed by atoms with Crippen molar-refractivity contribution in [1.29, 1.82) is 0 Å². The van der Waals surface area contributed by atoms with Gasteiger partial charge in [0, 0.05) is 18.3 Å². The third-order valence-corrected chi connectivity index (χ3v) is 8.26. The van der Waals surface area contributed by atoms with Gasteiger partial charge in [-0.15, -0.1) is 11.3 Å². The number of fused-ring (bicyclic) bond motifs is 4. The summed E-state index contributed by atoms with van der Waals surface area (Å²) in [5, 5.41) is 5.98. The van der Waals surface area contributed by atoms with Crippen molar-refractivity contribution in [3.05, 3.63) is 41.1 Å². The number of anilines is 1. The van der Waals surface area contributed by atoms with E-state index in [2.05, 4.69) is 20.3 Å². The van der Waals surface area contributed by atoms with E-state index in [9.17, 15) is 4.79 Å². The summed E-state index contributed by atoms with van der Waals surface area (Å²) in [4.78, 5) is 35.6. The Balaban J connectivity index is 1.42. The Hall–Kier alpha value is -3.04. The largest absolute Gasteiger partial charge is 0.466 e. The molecule has 10 heteroatoms. The van der Waals surface area contributed by atoms with Gasteiger partial charge in [0.25, 0.3) is 0 Å². The van der Waals surface area contributed by atoms with Gasteiger partial charge in [-0.1, -0.05) is 17.7 Å². The Morgan fingerprint density at radius 1 is 1.23 bits per heavy atom. The maximum Gasteiger partial charge on any atom is 0.311 e. The van der Waals surface area contributed by atoms with Crippen molar-refractivity contribution in [1.82, 2.24) is 24.9 Å². The van der Waals surface area contributed by atoms with Crippen LogP contribution in [0, 0.1) is 17.8 Å². The summed E-state index contributed by atoms with van der Waals surface area (Å²) in [5.74, 6) is 1.71. The van der Waals surface area contributed by atoms with Gasteiger partial charge in [-0.3, -0.25) is 4.79 Å². The number of esters is 1.